The van der Waals surface area contributed by atoms with Crippen LogP contribution in [0.3, 0.4) is 0 Å². The van der Waals surface area contributed by atoms with E-state index in [1.807, 2.05) is 6.07 Å². The summed E-state index contributed by atoms with van der Waals surface area (Å²) in [5.41, 5.74) is 6.50. The van der Waals surface area contributed by atoms with E-state index in [4.69, 9.17) is 12.2 Å². The Morgan fingerprint density at radius 1 is 1.50 bits per heavy atom. The van der Waals surface area contributed by atoms with E-state index in [1.165, 1.54) is 6.07 Å². The molecule has 1 aromatic rings. The molecule has 1 rings (SSSR count). The van der Waals surface area contributed by atoms with Gasteiger partial charge in [0.05, 0.1) is 12.2 Å². The standard InChI is InChI=1S/C13H17FN2/c1-3-7-16(8-4-2)10-11-5-6-13(15)12(14)9-11/h1,5-6,9H,4,7-8,10,15H2,2H3. The number of hydrogen-bond acceptors (Lipinski definition) is 2. The van der Waals surface area contributed by atoms with Crippen LogP contribution in [0.2, 0.25) is 0 Å². The number of benzene rings is 1. The molecular formula is C13H17FN2. The lowest BCUT2D eigenvalue weighted by Gasteiger charge is -2.18. The molecule has 0 unspecified atom stereocenters. The van der Waals surface area contributed by atoms with Crippen LogP contribution in [0, 0.1) is 18.2 Å². The predicted octanol–water partition coefficient (Wildman–Crippen LogP) is 2.25. The van der Waals surface area contributed by atoms with E-state index in [-0.39, 0.29) is 11.5 Å². The molecule has 1 aromatic carbocycles. The van der Waals surface area contributed by atoms with Gasteiger partial charge in [0, 0.05) is 6.54 Å². The van der Waals surface area contributed by atoms with Crippen LogP contribution >= 0.6 is 0 Å². The molecule has 0 saturated heterocycles. The smallest absolute Gasteiger partial charge is 0.146 e. The number of anilines is 1. The third-order valence-corrected chi connectivity index (χ3v) is 2.33. The lowest BCUT2D eigenvalue weighted by Crippen LogP contribution is -2.24. The van der Waals surface area contributed by atoms with Crippen LogP contribution < -0.4 is 5.73 Å². The molecule has 2 N–H and O–H groups in total. The van der Waals surface area contributed by atoms with E-state index in [2.05, 4.69) is 17.7 Å². The van der Waals surface area contributed by atoms with E-state index in [9.17, 15) is 4.39 Å². The zero-order valence-electron chi connectivity index (χ0n) is 9.54. The maximum Gasteiger partial charge on any atom is 0.146 e. The quantitative estimate of drug-likeness (QED) is 0.609. The Hall–Kier alpha value is -1.53. The highest BCUT2D eigenvalue weighted by molar-refractivity contribution is 5.41. The average Bonchev–Trinajstić information content (AvgIpc) is 2.24. The first kappa shape index (κ1) is 12.5. The third-order valence-electron chi connectivity index (χ3n) is 2.33. The fourth-order valence-corrected chi connectivity index (χ4v) is 1.59. The van der Waals surface area contributed by atoms with Crippen LogP contribution in [0.25, 0.3) is 0 Å². The van der Waals surface area contributed by atoms with Crippen LogP contribution in [0.4, 0.5) is 10.1 Å². The predicted molar refractivity (Wildman–Crippen MR) is 65.2 cm³/mol. The van der Waals surface area contributed by atoms with Crippen LogP contribution in [-0.2, 0) is 6.54 Å². The van der Waals surface area contributed by atoms with Crippen molar-refractivity contribution in [3.8, 4) is 12.3 Å². The minimum absolute atomic E-state index is 0.183. The topological polar surface area (TPSA) is 29.3 Å². The molecule has 0 atom stereocenters. The first-order valence-corrected chi connectivity index (χ1v) is 5.37. The van der Waals surface area contributed by atoms with E-state index >= 15 is 0 Å². The molecule has 0 saturated carbocycles. The summed E-state index contributed by atoms with van der Waals surface area (Å²) in [4.78, 5) is 2.10. The van der Waals surface area contributed by atoms with Crippen molar-refractivity contribution in [1.29, 1.82) is 0 Å². The van der Waals surface area contributed by atoms with Crippen LogP contribution in [-0.4, -0.2) is 18.0 Å². The summed E-state index contributed by atoms with van der Waals surface area (Å²) < 4.78 is 13.2. The molecule has 3 heteroatoms. The lowest BCUT2D eigenvalue weighted by atomic mass is 10.2. The Morgan fingerprint density at radius 3 is 2.81 bits per heavy atom. The van der Waals surface area contributed by atoms with E-state index in [1.54, 1.807) is 6.07 Å². The first-order chi connectivity index (χ1) is 7.67. The average molecular weight is 220 g/mol. The minimum Gasteiger partial charge on any atom is -0.396 e. The first-order valence-electron chi connectivity index (χ1n) is 5.37. The van der Waals surface area contributed by atoms with Gasteiger partial charge in [0.25, 0.3) is 0 Å². The molecule has 0 spiro atoms. The van der Waals surface area contributed by atoms with E-state index in [0.29, 0.717) is 13.1 Å². The van der Waals surface area contributed by atoms with Crippen molar-refractivity contribution in [2.24, 2.45) is 0 Å². The van der Waals surface area contributed by atoms with Gasteiger partial charge >= 0.3 is 0 Å². The largest absolute Gasteiger partial charge is 0.396 e. The number of rotatable bonds is 5. The van der Waals surface area contributed by atoms with Crippen molar-refractivity contribution in [2.45, 2.75) is 19.9 Å². The number of terminal acetylenes is 1. The van der Waals surface area contributed by atoms with Gasteiger partial charge in [-0.05, 0) is 30.7 Å². The molecule has 0 amide bonds. The van der Waals surface area contributed by atoms with Crippen molar-refractivity contribution >= 4 is 5.69 Å². The number of hydrogen-bond donors (Lipinski definition) is 1. The second-order valence-electron chi connectivity index (χ2n) is 3.77. The molecule has 0 aliphatic carbocycles. The van der Waals surface area contributed by atoms with Gasteiger partial charge in [-0.15, -0.1) is 6.42 Å². The summed E-state index contributed by atoms with van der Waals surface area (Å²) >= 11 is 0. The molecule has 16 heavy (non-hydrogen) atoms. The molecule has 0 aromatic heterocycles. The third kappa shape index (κ3) is 3.56. The Balaban J connectivity index is 2.69. The summed E-state index contributed by atoms with van der Waals surface area (Å²) in [6, 6.07) is 4.89. The van der Waals surface area contributed by atoms with Crippen LogP contribution in [0.15, 0.2) is 18.2 Å². The molecule has 0 radical (unpaired) electrons. The van der Waals surface area contributed by atoms with Gasteiger partial charge in [-0.2, -0.15) is 0 Å². The maximum absolute atomic E-state index is 13.2. The van der Waals surface area contributed by atoms with Crippen molar-refractivity contribution in [1.82, 2.24) is 4.90 Å². The molecular weight excluding hydrogens is 203 g/mol. The Bertz CT molecular complexity index is 382. The van der Waals surface area contributed by atoms with Crippen molar-refractivity contribution in [3.05, 3.63) is 29.6 Å². The molecule has 0 aliphatic heterocycles. The van der Waals surface area contributed by atoms with Crippen molar-refractivity contribution in [2.75, 3.05) is 18.8 Å². The highest BCUT2D eigenvalue weighted by Gasteiger charge is 2.05. The van der Waals surface area contributed by atoms with E-state index in [0.717, 1.165) is 18.5 Å². The second kappa shape index (κ2) is 6.14. The van der Waals surface area contributed by atoms with Crippen LogP contribution in [0.1, 0.15) is 18.9 Å². The summed E-state index contributed by atoms with van der Waals surface area (Å²) in [6.45, 7) is 4.25. The SMILES string of the molecule is C#CCN(CCC)Cc1ccc(N)c(F)c1. The van der Waals surface area contributed by atoms with Crippen molar-refractivity contribution in [3.63, 3.8) is 0 Å². The van der Waals surface area contributed by atoms with Gasteiger partial charge in [0.2, 0.25) is 0 Å². The summed E-state index contributed by atoms with van der Waals surface area (Å²) in [7, 11) is 0. The highest BCUT2D eigenvalue weighted by Crippen LogP contribution is 2.13. The number of nitrogen functional groups attached to an aromatic ring is 1. The van der Waals surface area contributed by atoms with Crippen LogP contribution in [0.5, 0.6) is 0 Å². The maximum atomic E-state index is 13.2. The number of nitrogens with zero attached hydrogens (tertiary/aromatic N) is 1. The normalized spacial score (nSPS) is 10.4. The molecule has 0 heterocycles. The van der Waals surface area contributed by atoms with Gasteiger partial charge in [-0.25, -0.2) is 4.39 Å². The Labute approximate surface area is 96.3 Å². The lowest BCUT2D eigenvalue weighted by molar-refractivity contribution is 0.299. The molecule has 0 fully saturated rings. The Morgan fingerprint density at radius 2 is 2.25 bits per heavy atom. The molecule has 0 bridgehead atoms. The molecule has 2 nitrogen and oxygen atoms in total. The summed E-state index contributed by atoms with van der Waals surface area (Å²) in [5.74, 6) is 2.24. The van der Waals surface area contributed by atoms with Gasteiger partial charge in [-0.3, -0.25) is 4.90 Å². The van der Waals surface area contributed by atoms with Gasteiger partial charge in [0.1, 0.15) is 5.82 Å². The molecule has 0 aliphatic rings. The van der Waals surface area contributed by atoms with Gasteiger partial charge in [0.15, 0.2) is 0 Å². The zero-order valence-corrected chi connectivity index (χ0v) is 9.54. The summed E-state index contributed by atoms with van der Waals surface area (Å²) in [5, 5.41) is 0. The van der Waals surface area contributed by atoms with Crippen molar-refractivity contribution < 1.29 is 4.39 Å². The number of halogens is 1. The van der Waals surface area contributed by atoms with Gasteiger partial charge in [-0.1, -0.05) is 18.9 Å². The second-order valence-corrected chi connectivity index (χ2v) is 3.77. The summed E-state index contributed by atoms with van der Waals surface area (Å²) in [6.07, 6.45) is 6.31. The molecule has 86 valence electrons. The number of nitrogens with two attached hydrogens (primary N) is 1. The zero-order chi connectivity index (χ0) is 12.0. The van der Waals surface area contributed by atoms with E-state index < -0.39 is 0 Å². The minimum atomic E-state index is -0.366. The fraction of sp³-hybridized carbons (Fsp3) is 0.385. The monoisotopic (exact) mass is 220 g/mol. The fourth-order valence-electron chi connectivity index (χ4n) is 1.59. The highest BCUT2D eigenvalue weighted by atomic mass is 19.1. The van der Waals surface area contributed by atoms with Gasteiger partial charge < -0.3 is 5.73 Å². The Kier molecular flexibility index (Phi) is 4.81.